The van der Waals surface area contributed by atoms with E-state index < -0.39 is 5.91 Å². The summed E-state index contributed by atoms with van der Waals surface area (Å²) >= 11 is 0. The Labute approximate surface area is 170 Å². The SMILES string of the molecule is O=C(Nc1ccn(Cc2cccc(F)c2)n1)c1ccc(COc2ccc(F)cc2)o1. The second-order valence-corrected chi connectivity index (χ2v) is 6.49. The van der Waals surface area contributed by atoms with Crippen LogP contribution in [0.4, 0.5) is 14.6 Å². The van der Waals surface area contributed by atoms with Gasteiger partial charge in [0.05, 0.1) is 6.54 Å². The zero-order chi connectivity index (χ0) is 20.9. The van der Waals surface area contributed by atoms with Crippen LogP contribution < -0.4 is 10.1 Å². The number of hydrogen-bond donors (Lipinski definition) is 1. The molecule has 0 saturated carbocycles. The highest BCUT2D eigenvalue weighted by molar-refractivity contribution is 6.01. The van der Waals surface area contributed by atoms with Crippen LogP contribution in [0.1, 0.15) is 21.9 Å². The van der Waals surface area contributed by atoms with Gasteiger partial charge >= 0.3 is 0 Å². The maximum absolute atomic E-state index is 13.3. The largest absolute Gasteiger partial charge is 0.486 e. The molecule has 0 radical (unpaired) electrons. The van der Waals surface area contributed by atoms with Crippen LogP contribution in [0.5, 0.6) is 5.75 Å². The number of carbonyl (C=O) groups is 1. The Hall–Kier alpha value is -3.94. The summed E-state index contributed by atoms with van der Waals surface area (Å²) in [5.74, 6) is 0.259. The minimum atomic E-state index is -0.459. The summed E-state index contributed by atoms with van der Waals surface area (Å²) in [6.45, 7) is 0.473. The summed E-state index contributed by atoms with van der Waals surface area (Å²) in [5.41, 5.74) is 0.757. The lowest BCUT2D eigenvalue weighted by Gasteiger charge is -2.04. The number of hydrogen-bond acceptors (Lipinski definition) is 4. The van der Waals surface area contributed by atoms with Gasteiger partial charge in [-0.2, -0.15) is 5.10 Å². The van der Waals surface area contributed by atoms with Crippen LogP contribution in [0.25, 0.3) is 0 Å². The number of anilines is 1. The van der Waals surface area contributed by atoms with Crippen LogP contribution in [-0.4, -0.2) is 15.7 Å². The number of halogens is 2. The van der Waals surface area contributed by atoms with E-state index >= 15 is 0 Å². The van der Waals surface area contributed by atoms with Gasteiger partial charge in [-0.05, 0) is 54.1 Å². The molecule has 4 aromatic rings. The van der Waals surface area contributed by atoms with E-state index in [1.54, 1.807) is 35.1 Å². The van der Waals surface area contributed by atoms with Crippen molar-refractivity contribution in [2.24, 2.45) is 0 Å². The number of amides is 1. The topological polar surface area (TPSA) is 69.3 Å². The van der Waals surface area contributed by atoms with Gasteiger partial charge in [0.1, 0.15) is 29.8 Å². The first-order valence-electron chi connectivity index (χ1n) is 9.11. The highest BCUT2D eigenvalue weighted by Gasteiger charge is 2.13. The standard InChI is InChI=1S/C22H17F2N3O3/c23-16-4-6-18(7-5-16)29-14-19-8-9-20(30-19)22(28)25-21-10-11-27(26-21)13-15-2-1-3-17(24)12-15/h1-12H,13-14H2,(H,25,26,28). The van der Waals surface area contributed by atoms with E-state index in [0.29, 0.717) is 23.9 Å². The summed E-state index contributed by atoms with van der Waals surface area (Å²) in [4.78, 5) is 12.4. The molecule has 1 amide bonds. The van der Waals surface area contributed by atoms with Crippen LogP contribution >= 0.6 is 0 Å². The number of rotatable bonds is 7. The van der Waals surface area contributed by atoms with Gasteiger partial charge in [-0.15, -0.1) is 0 Å². The fourth-order valence-electron chi connectivity index (χ4n) is 2.78. The molecule has 6 nitrogen and oxygen atoms in total. The maximum Gasteiger partial charge on any atom is 0.292 e. The number of benzene rings is 2. The monoisotopic (exact) mass is 409 g/mol. The number of carbonyl (C=O) groups excluding carboxylic acids is 1. The molecule has 1 N–H and O–H groups in total. The minimum Gasteiger partial charge on any atom is -0.486 e. The number of aromatic nitrogens is 2. The highest BCUT2D eigenvalue weighted by atomic mass is 19.1. The molecule has 2 aromatic heterocycles. The molecule has 0 saturated heterocycles. The van der Waals surface area contributed by atoms with Crippen LogP contribution in [0.2, 0.25) is 0 Å². The molecule has 0 spiro atoms. The van der Waals surface area contributed by atoms with Crippen LogP contribution in [0.15, 0.2) is 77.3 Å². The van der Waals surface area contributed by atoms with Crippen molar-refractivity contribution in [3.05, 3.63) is 102 Å². The van der Waals surface area contributed by atoms with Crippen molar-refractivity contribution in [3.63, 3.8) is 0 Å². The molecule has 4 rings (SSSR count). The fourth-order valence-corrected chi connectivity index (χ4v) is 2.78. The molecule has 0 aliphatic heterocycles. The van der Waals surface area contributed by atoms with E-state index in [9.17, 15) is 13.6 Å². The number of furan rings is 1. The van der Waals surface area contributed by atoms with E-state index in [1.807, 2.05) is 0 Å². The Morgan fingerprint density at radius 3 is 2.67 bits per heavy atom. The Balaban J connectivity index is 1.33. The fraction of sp³-hybridized carbons (Fsp3) is 0.0909. The van der Waals surface area contributed by atoms with E-state index in [0.717, 1.165) is 5.56 Å². The Kier molecular flexibility index (Phi) is 5.56. The Morgan fingerprint density at radius 1 is 1.03 bits per heavy atom. The first-order valence-corrected chi connectivity index (χ1v) is 9.11. The van der Waals surface area contributed by atoms with Crippen molar-refractivity contribution in [3.8, 4) is 5.75 Å². The number of nitrogens with one attached hydrogen (secondary N) is 1. The second-order valence-electron chi connectivity index (χ2n) is 6.49. The van der Waals surface area contributed by atoms with Crippen LogP contribution in [-0.2, 0) is 13.2 Å². The molecule has 8 heteroatoms. The summed E-state index contributed by atoms with van der Waals surface area (Å²) in [5, 5.41) is 6.90. The summed E-state index contributed by atoms with van der Waals surface area (Å²) in [7, 11) is 0. The molecule has 0 unspecified atom stereocenters. The smallest absolute Gasteiger partial charge is 0.292 e. The average Bonchev–Trinajstić information content (AvgIpc) is 3.37. The van der Waals surface area contributed by atoms with Gasteiger partial charge in [0.25, 0.3) is 5.91 Å². The molecule has 0 bridgehead atoms. The lowest BCUT2D eigenvalue weighted by molar-refractivity contribution is 0.0992. The molecule has 30 heavy (non-hydrogen) atoms. The molecular weight excluding hydrogens is 392 g/mol. The molecule has 2 heterocycles. The zero-order valence-electron chi connectivity index (χ0n) is 15.7. The zero-order valence-corrected chi connectivity index (χ0v) is 15.7. The summed E-state index contributed by atoms with van der Waals surface area (Å²) < 4.78 is 38.8. The van der Waals surface area contributed by atoms with Crippen molar-refractivity contribution >= 4 is 11.7 Å². The maximum atomic E-state index is 13.3. The molecule has 2 aromatic carbocycles. The molecule has 0 atom stereocenters. The van der Waals surface area contributed by atoms with E-state index in [4.69, 9.17) is 9.15 Å². The Morgan fingerprint density at radius 2 is 1.87 bits per heavy atom. The normalized spacial score (nSPS) is 10.7. The van der Waals surface area contributed by atoms with Crippen molar-refractivity contribution in [1.82, 2.24) is 9.78 Å². The lowest BCUT2D eigenvalue weighted by atomic mass is 10.2. The van der Waals surface area contributed by atoms with Crippen LogP contribution in [0.3, 0.4) is 0 Å². The minimum absolute atomic E-state index is 0.0984. The third-order valence-corrected chi connectivity index (χ3v) is 4.20. The van der Waals surface area contributed by atoms with Gasteiger partial charge in [-0.1, -0.05) is 12.1 Å². The first-order chi connectivity index (χ1) is 14.5. The molecular formula is C22H17F2N3O3. The molecule has 0 fully saturated rings. The van der Waals surface area contributed by atoms with E-state index in [-0.39, 0.29) is 24.0 Å². The van der Waals surface area contributed by atoms with Gasteiger partial charge in [0, 0.05) is 12.3 Å². The van der Waals surface area contributed by atoms with Crippen LogP contribution in [0, 0.1) is 11.6 Å². The highest BCUT2D eigenvalue weighted by Crippen LogP contribution is 2.16. The molecule has 0 aliphatic carbocycles. The number of nitrogens with zero attached hydrogens (tertiary/aromatic N) is 2. The average molecular weight is 409 g/mol. The lowest BCUT2D eigenvalue weighted by Crippen LogP contribution is -2.12. The van der Waals surface area contributed by atoms with Gasteiger partial charge in [0.2, 0.25) is 0 Å². The Bertz CT molecular complexity index is 1150. The molecule has 152 valence electrons. The summed E-state index contributed by atoms with van der Waals surface area (Å²) in [6, 6.07) is 16.6. The third-order valence-electron chi connectivity index (χ3n) is 4.20. The summed E-state index contributed by atoms with van der Waals surface area (Å²) in [6.07, 6.45) is 1.69. The van der Waals surface area contributed by atoms with E-state index in [2.05, 4.69) is 10.4 Å². The van der Waals surface area contributed by atoms with E-state index in [1.165, 1.54) is 42.5 Å². The van der Waals surface area contributed by atoms with Gasteiger partial charge in [-0.25, -0.2) is 8.78 Å². The van der Waals surface area contributed by atoms with Gasteiger partial charge in [-0.3, -0.25) is 9.48 Å². The van der Waals surface area contributed by atoms with Crippen molar-refractivity contribution < 1.29 is 22.7 Å². The van der Waals surface area contributed by atoms with Gasteiger partial charge < -0.3 is 14.5 Å². The quantitative estimate of drug-likeness (QED) is 0.483. The molecule has 0 aliphatic rings. The predicted molar refractivity (Wildman–Crippen MR) is 105 cm³/mol. The van der Waals surface area contributed by atoms with Gasteiger partial charge in [0.15, 0.2) is 11.6 Å². The number of ether oxygens (including phenoxy) is 1. The predicted octanol–water partition coefficient (Wildman–Crippen LogP) is 4.63. The van der Waals surface area contributed by atoms with Crippen molar-refractivity contribution in [2.75, 3.05) is 5.32 Å². The third kappa shape index (κ3) is 4.91. The first kappa shape index (κ1) is 19.4. The second kappa shape index (κ2) is 8.60. The van der Waals surface area contributed by atoms with Crippen molar-refractivity contribution in [1.29, 1.82) is 0 Å². The van der Waals surface area contributed by atoms with Crippen molar-refractivity contribution in [2.45, 2.75) is 13.2 Å².